The summed E-state index contributed by atoms with van der Waals surface area (Å²) < 4.78 is 5.10. The minimum absolute atomic E-state index is 0.0694. The van der Waals surface area contributed by atoms with E-state index in [0.29, 0.717) is 17.2 Å². The Labute approximate surface area is 152 Å². The molecule has 0 aliphatic carbocycles. The maximum absolute atomic E-state index is 10.5. The number of hydrogen-bond donors (Lipinski definition) is 3. The number of aliphatic carboxylic acids is 1. The zero-order valence-electron chi connectivity index (χ0n) is 14.0. The molecular weight excluding hydrogens is 342 g/mol. The van der Waals surface area contributed by atoms with Gasteiger partial charge in [-0.3, -0.25) is 5.32 Å². The monoisotopic (exact) mass is 363 g/mol. The third kappa shape index (κ3) is 7.13. The fraction of sp³-hybridized carbons (Fsp3) is 0.316. The predicted molar refractivity (Wildman–Crippen MR) is 97.0 cm³/mol. The molecule has 3 N–H and O–H groups in total. The van der Waals surface area contributed by atoms with Crippen molar-refractivity contribution in [3.05, 3.63) is 64.7 Å². The summed E-state index contributed by atoms with van der Waals surface area (Å²) in [6, 6.07) is 14.8. The molecule has 2 rings (SSSR count). The summed E-state index contributed by atoms with van der Waals surface area (Å²) in [4.78, 5) is 10.5. The molecule has 0 radical (unpaired) electrons. The van der Waals surface area contributed by atoms with Crippen molar-refractivity contribution in [2.24, 2.45) is 0 Å². The highest BCUT2D eigenvalue weighted by Gasteiger charge is 2.11. The second-order valence-electron chi connectivity index (χ2n) is 5.95. The van der Waals surface area contributed by atoms with E-state index in [1.165, 1.54) is 0 Å². The van der Waals surface area contributed by atoms with Crippen molar-refractivity contribution < 1.29 is 19.7 Å². The maximum Gasteiger partial charge on any atom is 0.341 e. The average Bonchev–Trinajstić information content (AvgIpc) is 2.53. The van der Waals surface area contributed by atoms with Crippen molar-refractivity contribution in [2.75, 3.05) is 6.61 Å². The van der Waals surface area contributed by atoms with Crippen molar-refractivity contribution in [3.8, 4) is 5.75 Å². The van der Waals surface area contributed by atoms with Gasteiger partial charge in [0.05, 0.1) is 0 Å². The molecule has 0 amide bonds. The smallest absolute Gasteiger partial charge is 0.341 e. The molecule has 2 aromatic carbocycles. The van der Waals surface area contributed by atoms with E-state index in [1.54, 1.807) is 18.2 Å². The van der Waals surface area contributed by atoms with Crippen molar-refractivity contribution >= 4 is 17.6 Å². The molecule has 0 bridgehead atoms. The number of nitrogens with one attached hydrogen (secondary N) is 1. The van der Waals surface area contributed by atoms with Crippen LogP contribution < -0.4 is 10.1 Å². The van der Waals surface area contributed by atoms with Gasteiger partial charge in [0.2, 0.25) is 0 Å². The van der Waals surface area contributed by atoms with Gasteiger partial charge in [0.15, 0.2) is 6.61 Å². The molecule has 2 unspecified atom stereocenters. The molecule has 0 saturated carbocycles. The van der Waals surface area contributed by atoms with Crippen LogP contribution in [0.2, 0.25) is 5.02 Å². The van der Waals surface area contributed by atoms with Crippen LogP contribution in [0.5, 0.6) is 5.75 Å². The van der Waals surface area contributed by atoms with Crippen LogP contribution in [0.4, 0.5) is 0 Å². The van der Waals surface area contributed by atoms with E-state index < -0.39 is 12.2 Å². The fourth-order valence-electron chi connectivity index (χ4n) is 2.55. The Morgan fingerprint density at radius 1 is 1.16 bits per heavy atom. The van der Waals surface area contributed by atoms with E-state index in [-0.39, 0.29) is 12.6 Å². The first-order valence-electron chi connectivity index (χ1n) is 8.04. The van der Waals surface area contributed by atoms with Crippen LogP contribution in [0.25, 0.3) is 0 Å². The van der Waals surface area contributed by atoms with Gasteiger partial charge in [-0.15, -0.1) is 0 Å². The topological polar surface area (TPSA) is 78.8 Å². The molecule has 2 atom stereocenters. The molecule has 0 aromatic heterocycles. The zero-order valence-corrected chi connectivity index (χ0v) is 14.7. The van der Waals surface area contributed by atoms with E-state index >= 15 is 0 Å². The first-order chi connectivity index (χ1) is 11.9. The van der Waals surface area contributed by atoms with Gasteiger partial charge in [0.1, 0.15) is 12.0 Å². The minimum atomic E-state index is -1.00. The number of rotatable bonds is 9. The second-order valence-corrected chi connectivity index (χ2v) is 6.38. The summed E-state index contributed by atoms with van der Waals surface area (Å²) in [7, 11) is 0. The lowest BCUT2D eigenvalue weighted by atomic mass is 10.1. The Hall–Kier alpha value is -2.08. The summed E-state index contributed by atoms with van der Waals surface area (Å²) in [5.41, 5.74) is 2.04. The summed E-state index contributed by atoms with van der Waals surface area (Å²) in [6.45, 7) is 1.64. The summed E-state index contributed by atoms with van der Waals surface area (Å²) in [5, 5.41) is 22.6. The van der Waals surface area contributed by atoms with E-state index in [1.807, 2.05) is 37.3 Å². The van der Waals surface area contributed by atoms with Crippen molar-refractivity contribution in [3.63, 3.8) is 0 Å². The SMILES string of the molecule is CC(Cc1ccc(OCC(=O)O)cc1)NC(O)Cc1cccc(Cl)c1. The summed E-state index contributed by atoms with van der Waals surface area (Å²) in [6.07, 6.45) is 0.547. The van der Waals surface area contributed by atoms with Crippen LogP contribution in [0.3, 0.4) is 0 Å². The Morgan fingerprint density at radius 2 is 1.88 bits per heavy atom. The Kier molecular flexibility index (Phi) is 7.25. The van der Waals surface area contributed by atoms with E-state index in [4.69, 9.17) is 21.4 Å². The number of aliphatic hydroxyl groups is 1. The lowest BCUT2D eigenvalue weighted by molar-refractivity contribution is -0.139. The van der Waals surface area contributed by atoms with Crippen molar-refractivity contribution in [1.29, 1.82) is 0 Å². The molecule has 25 heavy (non-hydrogen) atoms. The van der Waals surface area contributed by atoms with Crippen molar-refractivity contribution in [1.82, 2.24) is 5.32 Å². The van der Waals surface area contributed by atoms with E-state index in [9.17, 15) is 9.90 Å². The van der Waals surface area contributed by atoms with Gasteiger partial charge >= 0.3 is 5.97 Å². The van der Waals surface area contributed by atoms with Gasteiger partial charge < -0.3 is 14.9 Å². The Balaban J connectivity index is 1.80. The fourth-order valence-corrected chi connectivity index (χ4v) is 2.77. The molecule has 0 aliphatic heterocycles. The number of hydrogen-bond acceptors (Lipinski definition) is 4. The first kappa shape index (κ1) is 19.2. The van der Waals surface area contributed by atoms with Gasteiger partial charge in [0.25, 0.3) is 0 Å². The van der Waals surface area contributed by atoms with Gasteiger partial charge in [-0.25, -0.2) is 4.79 Å². The third-order valence-electron chi connectivity index (χ3n) is 3.62. The maximum atomic E-state index is 10.5. The third-order valence-corrected chi connectivity index (χ3v) is 3.86. The van der Waals surface area contributed by atoms with Crippen LogP contribution in [0.1, 0.15) is 18.1 Å². The molecule has 0 saturated heterocycles. The highest BCUT2D eigenvalue weighted by Crippen LogP contribution is 2.14. The van der Waals surface area contributed by atoms with Gasteiger partial charge in [-0.2, -0.15) is 0 Å². The highest BCUT2D eigenvalue weighted by molar-refractivity contribution is 6.30. The number of ether oxygens (including phenoxy) is 1. The highest BCUT2D eigenvalue weighted by atomic mass is 35.5. The lowest BCUT2D eigenvalue weighted by Crippen LogP contribution is -2.39. The molecule has 134 valence electrons. The molecule has 5 nitrogen and oxygen atoms in total. The quantitative estimate of drug-likeness (QED) is 0.597. The van der Waals surface area contributed by atoms with Crippen molar-refractivity contribution in [2.45, 2.75) is 32.0 Å². The molecule has 6 heteroatoms. The van der Waals surface area contributed by atoms with Gasteiger partial charge in [-0.05, 0) is 48.7 Å². The number of carbonyl (C=O) groups is 1. The molecule has 0 aliphatic rings. The number of aliphatic hydroxyl groups excluding tert-OH is 1. The molecule has 0 fully saturated rings. The van der Waals surface area contributed by atoms with Crippen LogP contribution in [0, 0.1) is 0 Å². The number of carboxylic acid groups (broad SMARTS) is 1. The number of benzene rings is 2. The van der Waals surface area contributed by atoms with E-state index in [2.05, 4.69) is 5.32 Å². The van der Waals surface area contributed by atoms with Crippen LogP contribution in [0.15, 0.2) is 48.5 Å². The standard InChI is InChI=1S/C19H22ClNO4/c1-13(21-18(22)11-15-3-2-4-16(20)10-15)9-14-5-7-17(8-6-14)25-12-19(23)24/h2-8,10,13,18,21-22H,9,11-12H2,1H3,(H,23,24). The van der Waals surface area contributed by atoms with E-state index in [0.717, 1.165) is 17.5 Å². The minimum Gasteiger partial charge on any atom is -0.482 e. The largest absolute Gasteiger partial charge is 0.482 e. The average molecular weight is 364 g/mol. The van der Waals surface area contributed by atoms with Crippen LogP contribution in [-0.2, 0) is 17.6 Å². The van der Waals surface area contributed by atoms with Gasteiger partial charge in [0, 0.05) is 17.5 Å². The zero-order chi connectivity index (χ0) is 18.2. The summed E-state index contributed by atoms with van der Waals surface area (Å²) in [5.74, 6) is -0.483. The Morgan fingerprint density at radius 3 is 2.52 bits per heavy atom. The van der Waals surface area contributed by atoms with Gasteiger partial charge in [-0.1, -0.05) is 35.9 Å². The molecular formula is C19H22ClNO4. The Bertz CT molecular complexity index is 690. The molecule has 2 aromatic rings. The lowest BCUT2D eigenvalue weighted by Gasteiger charge is -2.19. The second kappa shape index (κ2) is 9.42. The first-order valence-corrected chi connectivity index (χ1v) is 8.42. The predicted octanol–water partition coefficient (Wildman–Crippen LogP) is 2.89. The summed E-state index contributed by atoms with van der Waals surface area (Å²) >= 11 is 5.95. The molecule has 0 heterocycles. The number of carboxylic acids is 1. The normalized spacial score (nSPS) is 13.2. The number of halogens is 1. The molecule has 0 spiro atoms. The van der Waals surface area contributed by atoms with Crippen LogP contribution in [-0.4, -0.2) is 35.1 Å². The van der Waals surface area contributed by atoms with Crippen LogP contribution >= 0.6 is 11.6 Å².